The zero-order valence-electron chi connectivity index (χ0n) is 5.55. The van der Waals surface area contributed by atoms with E-state index in [1.54, 1.807) is 0 Å². The Kier molecular flexibility index (Phi) is 0.296. The quantitative estimate of drug-likeness (QED) is 0.469. The van der Waals surface area contributed by atoms with Crippen LogP contribution in [-0.2, 0) is 4.74 Å². The van der Waals surface area contributed by atoms with Crippen LogP contribution in [0.2, 0.25) is 0 Å². The molecule has 4 aliphatic rings. The van der Waals surface area contributed by atoms with Crippen molar-refractivity contribution in [2.75, 3.05) is 0 Å². The van der Waals surface area contributed by atoms with Crippen molar-refractivity contribution in [1.82, 2.24) is 0 Å². The van der Waals surface area contributed by atoms with Gasteiger partial charge in [0.1, 0.15) is 0 Å². The van der Waals surface area contributed by atoms with Crippen LogP contribution in [0.5, 0.6) is 0 Å². The molecule has 0 N–H and O–H groups in total. The molecule has 5 unspecified atom stereocenters. The lowest BCUT2D eigenvalue weighted by atomic mass is 10.1. The average molecular weight is 122 g/mol. The number of hydrogen-bond donors (Lipinski definition) is 0. The van der Waals surface area contributed by atoms with Gasteiger partial charge in [0.2, 0.25) is 0 Å². The van der Waals surface area contributed by atoms with Gasteiger partial charge in [-0.15, -0.1) is 0 Å². The monoisotopic (exact) mass is 122 g/mol. The highest BCUT2D eigenvalue weighted by Crippen LogP contribution is 2.96. The number of ether oxygens (including phenoxy) is 1. The molecule has 48 valence electrons. The van der Waals surface area contributed by atoms with Crippen LogP contribution < -0.4 is 0 Å². The Hall–Kier alpha value is -0.0400. The third-order valence-corrected chi connectivity index (χ3v) is 4.27. The minimum atomic E-state index is 0.699. The first-order valence-corrected chi connectivity index (χ1v) is 3.94. The first-order chi connectivity index (χ1) is 4.29. The van der Waals surface area contributed by atoms with E-state index in [-0.39, 0.29) is 0 Å². The van der Waals surface area contributed by atoms with Gasteiger partial charge in [0, 0.05) is 10.8 Å². The lowest BCUT2D eigenvalue weighted by Crippen LogP contribution is -2.06. The van der Waals surface area contributed by atoms with E-state index in [1.165, 1.54) is 12.8 Å². The van der Waals surface area contributed by atoms with Crippen LogP contribution >= 0.6 is 0 Å². The summed E-state index contributed by atoms with van der Waals surface area (Å²) in [6, 6.07) is 0. The maximum atomic E-state index is 5.77. The van der Waals surface area contributed by atoms with Crippen LogP contribution in [0.1, 0.15) is 19.8 Å². The highest BCUT2D eigenvalue weighted by atomic mass is 16.5. The van der Waals surface area contributed by atoms with Crippen molar-refractivity contribution < 1.29 is 4.74 Å². The normalized spacial score (nSPS) is 87.0. The van der Waals surface area contributed by atoms with Gasteiger partial charge < -0.3 is 4.74 Å². The summed E-state index contributed by atoms with van der Waals surface area (Å²) >= 11 is 0. The molecule has 1 spiro atoms. The zero-order chi connectivity index (χ0) is 5.85. The van der Waals surface area contributed by atoms with Crippen LogP contribution in [0, 0.1) is 16.7 Å². The second kappa shape index (κ2) is 0.672. The maximum absolute atomic E-state index is 5.77. The van der Waals surface area contributed by atoms with Gasteiger partial charge in [-0.3, -0.25) is 0 Å². The van der Waals surface area contributed by atoms with Gasteiger partial charge in [-0.25, -0.2) is 0 Å². The van der Waals surface area contributed by atoms with Gasteiger partial charge in [-0.05, 0) is 18.8 Å². The highest BCUT2D eigenvalue weighted by molar-refractivity contribution is 5.45. The van der Waals surface area contributed by atoms with Crippen molar-refractivity contribution >= 4 is 0 Å². The molecule has 9 heavy (non-hydrogen) atoms. The molecule has 5 atom stereocenters. The summed E-state index contributed by atoms with van der Waals surface area (Å²) < 4.78 is 5.77. The summed E-state index contributed by atoms with van der Waals surface area (Å²) in [5.41, 5.74) is 1.47. The molecule has 4 rings (SSSR count). The summed E-state index contributed by atoms with van der Waals surface area (Å²) in [6.07, 6.45) is 4.34. The van der Waals surface area contributed by atoms with E-state index < -0.39 is 0 Å². The number of rotatable bonds is 0. The van der Waals surface area contributed by atoms with Gasteiger partial charge in [-0.1, -0.05) is 6.92 Å². The van der Waals surface area contributed by atoms with Crippen molar-refractivity contribution in [3.63, 3.8) is 0 Å². The predicted octanol–water partition coefficient (Wildman–Crippen LogP) is 1.18. The predicted molar refractivity (Wildman–Crippen MR) is 31.9 cm³/mol. The van der Waals surface area contributed by atoms with Crippen LogP contribution in [0.4, 0.5) is 0 Å². The first kappa shape index (κ1) is 3.97. The molecule has 0 bridgehead atoms. The van der Waals surface area contributed by atoms with E-state index in [2.05, 4.69) is 6.92 Å². The minimum Gasteiger partial charge on any atom is -0.373 e. The fourth-order valence-electron chi connectivity index (χ4n) is 3.42. The number of fused-ring (bicyclic) bond motifs is 2. The van der Waals surface area contributed by atoms with Crippen molar-refractivity contribution in [2.24, 2.45) is 16.7 Å². The highest BCUT2D eigenvalue weighted by Gasteiger charge is 2.98. The van der Waals surface area contributed by atoms with Gasteiger partial charge in [0.05, 0.1) is 12.2 Å². The third-order valence-electron chi connectivity index (χ3n) is 4.27. The van der Waals surface area contributed by atoms with Gasteiger partial charge >= 0.3 is 0 Å². The molecule has 1 heteroatoms. The summed E-state index contributed by atoms with van der Waals surface area (Å²) in [5.74, 6) is 1.02. The lowest BCUT2D eigenvalue weighted by molar-refractivity contribution is 0.0759. The standard InChI is InChI=1S/C8H10O/c1-7-3-8(7)4-2-5(4)9-6(7)8/h4-6H,2-3H2,1H3. The maximum Gasteiger partial charge on any atom is 0.0705 e. The molecule has 3 aliphatic carbocycles. The van der Waals surface area contributed by atoms with Crippen LogP contribution in [0.3, 0.4) is 0 Å². The van der Waals surface area contributed by atoms with E-state index >= 15 is 0 Å². The van der Waals surface area contributed by atoms with Crippen molar-refractivity contribution in [1.29, 1.82) is 0 Å². The Morgan fingerprint density at radius 1 is 1.56 bits per heavy atom. The molecule has 1 heterocycles. The fraction of sp³-hybridized carbons (Fsp3) is 1.00. The second-order valence-corrected chi connectivity index (χ2v) is 4.53. The summed E-state index contributed by atoms with van der Waals surface area (Å²) in [6.45, 7) is 2.40. The van der Waals surface area contributed by atoms with Crippen LogP contribution in [0.15, 0.2) is 0 Å². The average Bonchev–Trinajstić information content (AvgIpc) is 2.63. The van der Waals surface area contributed by atoms with E-state index in [4.69, 9.17) is 4.74 Å². The van der Waals surface area contributed by atoms with E-state index in [9.17, 15) is 0 Å². The molecule has 0 aromatic heterocycles. The van der Waals surface area contributed by atoms with Gasteiger partial charge in [-0.2, -0.15) is 0 Å². The summed E-state index contributed by atoms with van der Waals surface area (Å²) in [7, 11) is 0. The second-order valence-electron chi connectivity index (χ2n) is 4.53. The zero-order valence-corrected chi connectivity index (χ0v) is 5.55. The Morgan fingerprint density at radius 3 is 2.89 bits per heavy atom. The Balaban J connectivity index is 1.93. The topological polar surface area (TPSA) is 9.23 Å². The van der Waals surface area contributed by atoms with Crippen LogP contribution in [-0.4, -0.2) is 12.2 Å². The molecule has 0 amide bonds. The van der Waals surface area contributed by atoms with E-state index in [0.29, 0.717) is 5.41 Å². The SMILES string of the molecule is CC12CC13C1CC1OC23. The fourth-order valence-corrected chi connectivity index (χ4v) is 3.42. The molecule has 0 aromatic rings. The molecule has 4 fully saturated rings. The molecule has 1 saturated heterocycles. The van der Waals surface area contributed by atoms with E-state index in [0.717, 1.165) is 23.5 Å². The van der Waals surface area contributed by atoms with Crippen molar-refractivity contribution in [3.8, 4) is 0 Å². The molecule has 0 radical (unpaired) electrons. The molecule has 3 saturated carbocycles. The largest absolute Gasteiger partial charge is 0.373 e. The molecule has 1 aliphatic heterocycles. The van der Waals surface area contributed by atoms with Crippen molar-refractivity contribution in [2.45, 2.75) is 32.0 Å². The Labute approximate surface area is 54.4 Å². The minimum absolute atomic E-state index is 0.699. The Bertz CT molecular complexity index is 221. The van der Waals surface area contributed by atoms with E-state index in [1.807, 2.05) is 0 Å². The smallest absolute Gasteiger partial charge is 0.0705 e. The first-order valence-electron chi connectivity index (χ1n) is 3.94. The molecular formula is C8H10O. The Morgan fingerprint density at radius 2 is 2.44 bits per heavy atom. The molecule has 0 aromatic carbocycles. The lowest BCUT2D eigenvalue weighted by Gasteiger charge is -2.05. The van der Waals surface area contributed by atoms with Gasteiger partial charge in [0.15, 0.2) is 0 Å². The van der Waals surface area contributed by atoms with Crippen molar-refractivity contribution in [3.05, 3.63) is 0 Å². The molecule has 1 nitrogen and oxygen atoms in total. The summed E-state index contributed by atoms with van der Waals surface area (Å²) in [5, 5.41) is 0. The van der Waals surface area contributed by atoms with Gasteiger partial charge in [0.25, 0.3) is 0 Å². The third kappa shape index (κ3) is 0.186. The molecular weight excluding hydrogens is 112 g/mol. The number of hydrogen-bond acceptors (Lipinski definition) is 1. The van der Waals surface area contributed by atoms with Crippen LogP contribution in [0.25, 0.3) is 0 Å². The summed E-state index contributed by atoms with van der Waals surface area (Å²) in [4.78, 5) is 0.